The zero-order valence-corrected chi connectivity index (χ0v) is 23.0. The van der Waals surface area contributed by atoms with Gasteiger partial charge in [0.25, 0.3) is 5.91 Å². The van der Waals surface area contributed by atoms with Crippen LogP contribution in [0.15, 0.2) is 73.1 Å². The summed E-state index contributed by atoms with van der Waals surface area (Å²) in [4.78, 5) is 36.0. The minimum Gasteiger partial charge on any atom is -0.480 e. The van der Waals surface area contributed by atoms with Crippen molar-refractivity contribution >= 4 is 27.7 Å². The molecule has 2 aliphatic rings. The number of imidazole rings is 1. The summed E-state index contributed by atoms with van der Waals surface area (Å²) in [6.07, 6.45) is 4.57. The van der Waals surface area contributed by atoms with E-state index >= 15 is 0 Å². The van der Waals surface area contributed by atoms with Gasteiger partial charge in [0.2, 0.25) is 5.88 Å². The number of carbonyl (C=O) groups is 1. The fourth-order valence-electron chi connectivity index (χ4n) is 6.02. The third-order valence-corrected chi connectivity index (χ3v) is 8.19. The Morgan fingerprint density at radius 3 is 2.63 bits per heavy atom. The Bertz CT molecular complexity index is 1710. The lowest BCUT2D eigenvalue weighted by Crippen LogP contribution is -2.52. The summed E-state index contributed by atoms with van der Waals surface area (Å²) in [6.45, 7) is 4.66. The molecule has 1 amide bonds. The van der Waals surface area contributed by atoms with E-state index in [1.165, 1.54) is 0 Å². The number of nitrogens with zero attached hydrogens (tertiary/aromatic N) is 5. The van der Waals surface area contributed by atoms with Crippen LogP contribution in [0, 0.1) is 5.92 Å². The molecule has 0 spiro atoms. The van der Waals surface area contributed by atoms with E-state index in [0.29, 0.717) is 30.5 Å². The van der Waals surface area contributed by atoms with Gasteiger partial charge in [-0.05, 0) is 36.6 Å². The van der Waals surface area contributed by atoms with Crippen molar-refractivity contribution in [3.63, 3.8) is 0 Å². The number of aromatic nitrogens is 4. The van der Waals surface area contributed by atoms with E-state index in [4.69, 9.17) is 19.4 Å². The van der Waals surface area contributed by atoms with Crippen molar-refractivity contribution in [2.45, 2.75) is 12.5 Å². The first-order chi connectivity index (χ1) is 20.2. The summed E-state index contributed by atoms with van der Waals surface area (Å²) >= 11 is 0. The molecule has 0 radical (unpaired) electrons. The topological polar surface area (TPSA) is 96.5 Å². The van der Waals surface area contributed by atoms with Gasteiger partial charge in [0.15, 0.2) is 0 Å². The molecule has 9 heteroatoms. The quantitative estimate of drug-likeness (QED) is 0.328. The van der Waals surface area contributed by atoms with Crippen molar-refractivity contribution < 1.29 is 14.3 Å². The summed E-state index contributed by atoms with van der Waals surface area (Å²) < 4.78 is 11.3. The van der Waals surface area contributed by atoms with Crippen LogP contribution in [-0.2, 0) is 4.74 Å². The summed E-state index contributed by atoms with van der Waals surface area (Å²) in [5.41, 5.74) is 3.96. The van der Waals surface area contributed by atoms with Crippen molar-refractivity contribution in [2.24, 2.45) is 5.92 Å². The van der Waals surface area contributed by atoms with Crippen LogP contribution in [0.4, 0.5) is 0 Å². The van der Waals surface area contributed by atoms with Gasteiger partial charge < -0.3 is 19.4 Å². The lowest BCUT2D eigenvalue weighted by atomic mass is 10.0. The highest BCUT2D eigenvalue weighted by Gasteiger charge is 2.35. The largest absolute Gasteiger partial charge is 0.480 e. The fourth-order valence-corrected chi connectivity index (χ4v) is 6.02. The summed E-state index contributed by atoms with van der Waals surface area (Å²) in [7, 11) is 1.63. The summed E-state index contributed by atoms with van der Waals surface area (Å²) in [6, 6.07) is 19.6. The molecule has 0 aliphatic carbocycles. The number of rotatable bonds is 6. The number of para-hydroxylation sites is 2. The maximum absolute atomic E-state index is 14.0. The van der Waals surface area contributed by atoms with Crippen LogP contribution in [0.5, 0.6) is 5.88 Å². The first kappa shape index (κ1) is 25.6. The highest BCUT2D eigenvalue weighted by molar-refractivity contribution is 5.97. The van der Waals surface area contributed by atoms with E-state index in [0.717, 1.165) is 71.6 Å². The number of H-pyrrole nitrogens is 1. The first-order valence-electron chi connectivity index (χ1n) is 14.1. The molecule has 208 valence electrons. The number of pyridine rings is 2. The summed E-state index contributed by atoms with van der Waals surface area (Å²) in [5.74, 6) is 1.74. The fraction of sp³-hybridized carbons (Fsp3) is 0.312. The van der Waals surface area contributed by atoms with Gasteiger partial charge in [0.1, 0.15) is 11.9 Å². The Labute approximate surface area is 238 Å². The maximum atomic E-state index is 14.0. The number of benzene rings is 2. The second-order valence-electron chi connectivity index (χ2n) is 10.8. The minimum atomic E-state index is -0.252. The van der Waals surface area contributed by atoms with Crippen LogP contribution in [0.2, 0.25) is 0 Å². The number of aromatic amines is 1. The molecule has 2 atom stereocenters. The number of hydrogen-bond donors (Lipinski definition) is 1. The highest BCUT2D eigenvalue weighted by atomic mass is 16.5. The highest BCUT2D eigenvalue weighted by Crippen LogP contribution is 2.33. The number of ether oxygens (including phenoxy) is 2. The van der Waals surface area contributed by atoms with Gasteiger partial charge in [0.05, 0.1) is 47.8 Å². The zero-order valence-electron chi connectivity index (χ0n) is 23.0. The molecule has 0 saturated carbocycles. The molecular weight excluding hydrogens is 516 g/mol. The van der Waals surface area contributed by atoms with Crippen molar-refractivity contribution in [3.8, 4) is 17.1 Å². The predicted molar refractivity (Wildman–Crippen MR) is 157 cm³/mol. The first-order valence-corrected chi connectivity index (χ1v) is 14.1. The molecule has 41 heavy (non-hydrogen) atoms. The van der Waals surface area contributed by atoms with Gasteiger partial charge in [-0.3, -0.25) is 14.7 Å². The molecule has 2 aromatic carbocycles. The number of methoxy groups -OCH3 is 1. The Morgan fingerprint density at radius 1 is 1.02 bits per heavy atom. The number of hydrogen-bond acceptors (Lipinski definition) is 7. The lowest BCUT2D eigenvalue weighted by molar-refractivity contribution is 0.0393. The number of carbonyl (C=O) groups excluding carboxylic acids is 1. The standard InChI is InChI=1S/C32H32N6O3/c1-40-31-25(15-23-7-3-5-9-27(23)36-31)28-17-34-30(35-28)29-19-37(18-21-10-13-41-20-21)11-12-38(29)32(39)24-14-22-6-2-4-8-26(22)33-16-24/h2-9,14-17,21,29H,10-13,18-20H2,1H3,(H,34,35). The molecule has 5 aromatic rings. The third kappa shape index (κ3) is 5.03. The van der Waals surface area contributed by atoms with E-state index in [9.17, 15) is 4.79 Å². The summed E-state index contributed by atoms with van der Waals surface area (Å²) in [5, 5.41) is 1.97. The van der Waals surface area contributed by atoms with E-state index < -0.39 is 0 Å². The minimum absolute atomic E-state index is 0.0417. The van der Waals surface area contributed by atoms with Crippen molar-refractivity contribution in [2.75, 3.05) is 46.5 Å². The Hall–Kier alpha value is -4.34. The van der Waals surface area contributed by atoms with Gasteiger partial charge >= 0.3 is 0 Å². The average molecular weight is 549 g/mol. The molecule has 7 rings (SSSR count). The molecule has 3 aromatic heterocycles. The van der Waals surface area contributed by atoms with Gasteiger partial charge in [-0.25, -0.2) is 9.97 Å². The van der Waals surface area contributed by atoms with E-state index in [1.54, 1.807) is 13.3 Å². The maximum Gasteiger partial charge on any atom is 0.256 e. The van der Waals surface area contributed by atoms with E-state index in [1.807, 2.05) is 65.7 Å². The normalized spacial score (nSPS) is 19.7. The second-order valence-corrected chi connectivity index (χ2v) is 10.8. The van der Waals surface area contributed by atoms with Crippen LogP contribution in [0.1, 0.15) is 28.6 Å². The third-order valence-electron chi connectivity index (χ3n) is 8.19. The van der Waals surface area contributed by atoms with Crippen LogP contribution in [-0.4, -0.2) is 82.1 Å². The predicted octanol–water partition coefficient (Wildman–Crippen LogP) is 4.72. The monoisotopic (exact) mass is 548 g/mol. The number of amides is 1. The number of piperazine rings is 1. The molecule has 5 heterocycles. The average Bonchev–Trinajstić information content (AvgIpc) is 3.73. The van der Waals surface area contributed by atoms with Crippen LogP contribution >= 0.6 is 0 Å². The SMILES string of the molecule is COc1nc2ccccc2cc1-c1cnc(C2CN(CC3CCOC3)CCN2C(=O)c2cnc3ccccc3c2)[nH]1. The molecule has 1 N–H and O–H groups in total. The molecule has 2 fully saturated rings. The van der Waals surface area contributed by atoms with E-state index in [2.05, 4.69) is 20.9 Å². The Morgan fingerprint density at radius 2 is 1.83 bits per heavy atom. The van der Waals surface area contributed by atoms with Crippen molar-refractivity contribution in [1.82, 2.24) is 29.7 Å². The molecule has 2 aliphatic heterocycles. The number of nitrogens with one attached hydrogen (secondary N) is 1. The lowest BCUT2D eigenvalue weighted by Gasteiger charge is -2.41. The molecule has 2 saturated heterocycles. The van der Waals surface area contributed by atoms with Gasteiger partial charge in [-0.2, -0.15) is 0 Å². The molecule has 2 unspecified atom stereocenters. The Kier molecular flexibility index (Phi) is 6.82. The number of fused-ring (bicyclic) bond motifs is 2. The molecule has 9 nitrogen and oxygen atoms in total. The van der Waals surface area contributed by atoms with Crippen LogP contribution in [0.25, 0.3) is 33.1 Å². The van der Waals surface area contributed by atoms with Gasteiger partial charge in [-0.1, -0.05) is 36.4 Å². The smallest absolute Gasteiger partial charge is 0.256 e. The molecule has 0 bridgehead atoms. The van der Waals surface area contributed by atoms with Crippen molar-refractivity contribution in [1.29, 1.82) is 0 Å². The zero-order chi connectivity index (χ0) is 27.8. The van der Waals surface area contributed by atoms with Crippen molar-refractivity contribution in [3.05, 3.63) is 84.4 Å². The Balaban J connectivity index is 1.23. The van der Waals surface area contributed by atoms with Gasteiger partial charge in [-0.15, -0.1) is 0 Å². The second kappa shape index (κ2) is 10.9. The van der Waals surface area contributed by atoms with Crippen LogP contribution < -0.4 is 4.74 Å². The molecular formula is C32H32N6O3. The van der Waals surface area contributed by atoms with Crippen LogP contribution in [0.3, 0.4) is 0 Å². The van der Waals surface area contributed by atoms with E-state index in [-0.39, 0.29) is 11.9 Å². The van der Waals surface area contributed by atoms with Gasteiger partial charge in [0, 0.05) is 49.8 Å².